The number of nitrogens with zero attached hydrogens (tertiary/aromatic N) is 1. The van der Waals surface area contributed by atoms with Crippen molar-refractivity contribution < 1.29 is 8.83 Å². The Bertz CT molecular complexity index is 4310. The third kappa shape index (κ3) is 5.16. The summed E-state index contributed by atoms with van der Waals surface area (Å²) < 4.78 is 13.9. The first kappa shape index (κ1) is 40.0. The molecule has 13 aromatic rings. The van der Waals surface area contributed by atoms with E-state index in [1.54, 1.807) is 0 Å². The van der Waals surface area contributed by atoms with Crippen LogP contribution in [0.25, 0.3) is 66.1 Å². The zero-order valence-corrected chi connectivity index (χ0v) is 39.7. The second-order valence-corrected chi connectivity index (χ2v) is 20.5. The highest BCUT2D eigenvalue weighted by Crippen LogP contribution is 2.64. The molecule has 0 unspecified atom stereocenters. The van der Waals surface area contributed by atoms with Gasteiger partial charge in [-0.3, -0.25) is 0 Å². The predicted octanol–water partition coefficient (Wildman–Crippen LogP) is 18.1. The lowest BCUT2D eigenvalue weighted by atomic mass is 9.67. The molecule has 3 heterocycles. The van der Waals surface area contributed by atoms with Gasteiger partial charge in [-0.2, -0.15) is 0 Å². The Labute approximate surface area is 420 Å². The minimum atomic E-state index is -0.586. The average Bonchev–Trinajstić information content (AvgIpc) is 4.18. The van der Waals surface area contributed by atoms with Gasteiger partial charge in [-0.15, -0.1) is 0 Å². The molecule has 0 radical (unpaired) electrons. The molecule has 3 aliphatic rings. The van der Waals surface area contributed by atoms with Gasteiger partial charge in [0.15, 0.2) is 0 Å². The van der Waals surface area contributed by atoms with Crippen molar-refractivity contribution in [1.29, 1.82) is 0 Å². The lowest BCUT2D eigenvalue weighted by Gasteiger charge is -2.39. The van der Waals surface area contributed by atoms with Crippen molar-refractivity contribution in [1.82, 2.24) is 0 Å². The molecule has 0 atom stereocenters. The summed E-state index contributed by atoms with van der Waals surface area (Å²) in [5, 5.41) is 4.26. The molecule has 1 aliphatic heterocycles. The maximum absolute atomic E-state index is 7.21. The molecule has 72 heavy (non-hydrogen) atoms. The lowest BCUT2D eigenvalue weighted by Crippen LogP contribution is -2.31. The van der Waals surface area contributed by atoms with E-state index in [-0.39, 0.29) is 0 Å². The van der Waals surface area contributed by atoms with Crippen LogP contribution in [-0.4, -0.2) is 0 Å². The summed E-state index contributed by atoms with van der Waals surface area (Å²) in [6.07, 6.45) is 0. The summed E-state index contributed by atoms with van der Waals surface area (Å²) in [5.74, 6) is 0. The summed E-state index contributed by atoms with van der Waals surface area (Å²) in [5.41, 5.74) is 20.5. The molecule has 0 saturated heterocycles. The van der Waals surface area contributed by atoms with Crippen LogP contribution in [0.2, 0.25) is 0 Å². The fourth-order valence-corrected chi connectivity index (χ4v) is 14.5. The summed E-state index contributed by atoms with van der Waals surface area (Å²) in [6, 6.07) is 91.5. The van der Waals surface area contributed by atoms with Gasteiger partial charge in [-0.05, 0) is 133 Å². The van der Waals surface area contributed by atoms with Crippen molar-refractivity contribution in [2.45, 2.75) is 20.6 Å². The zero-order chi connectivity index (χ0) is 47.1. The first-order chi connectivity index (χ1) is 35.7. The average molecular weight is 936 g/mol. The first-order valence-corrected chi connectivity index (χ1v) is 25.6. The van der Waals surface area contributed by atoms with E-state index in [4.69, 9.17) is 8.83 Å². The maximum Gasteiger partial charge on any atom is 0.137 e. The van der Waals surface area contributed by atoms with E-state index in [2.05, 4.69) is 254 Å². The van der Waals surface area contributed by atoms with E-state index in [0.29, 0.717) is 0 Å². The molecule has 336 valence electrons. The Morgan fingerprint density at radius 1 is 0.306 bits per heavy atom. The Kier molecular flexibility index (Phi) is 8.24. The molecule has 1 spiro atoms. The van der Waals surface area contributed by atoms with Gasteiger partial charge in [0.25, 0.3) is 0 Å². The van der Waals surface area contributed by atoms with E-state index in [9.17, 15) is 0 Å². The Balaban J connectivity index is 1.00. The molecule has 0 bridgehead atoms. The monoisotopic (exact) mass is 935 g/mol. The van der Waals surface area contributed by atoms with E-state index in [1.165, 1.54) is 76.6 Å². The van der Waals surface area contributed by atoms with Gasteiger partial charge < -0.3 is 13.7 Å². The molecule has 0 amide bonds. The van der Waals surface area contributed by atoms with Crippen molar-refractivity contribution >= 4 is 72.7 Å². The number of fused-ring (bicyclic) bond motifs is 18. The summed E-state index contributed by atoms with van der Waals surface area (Å²) in [7, 11) is 0. The molecule has 0 N–H and O–H groups in total. The molecule has 0 saturated carbocycles. The number of para-hydroxylation sites is 1. The topological polar surface area (TPSA) is 29.5 Å². The van der Waals surface area contributed by atoms with E-state index < -0.39 is 10.8 Å². The largest absolute Gasteiger partial charge is 0.456 e. The number of rotatable bonds is 5. The lowest BCUT2D eigenvalue weighted by molar-refractivity contribution is 0.664. The van der Waals surface area contributed by atoms with Crippen LogP contribution in [0.4, 0.5) is 17.1 Å². The number of hydrogen-bond acceptors (Lipinski definition) is 4. The summed E-state index contributed by atoms with van der Waals surface area (Å²) in [4.78, 5) is 5.03. The molecule has 16 rings (SSSR count). The number of benzene rings is 11. The van der Waals surface area contributed by atoms with Crippen LogP contribution in [0.3, 0.4) is 0 Å². The minimum absolute atomic E-state index is 0.517. The van der Waals surface area contributed by atoms with Crippen molar-refractivity contribution in [3.8, 4) is 22.3 Å². The van der Waals surface area contributed by atoms with Crippen LogP contribution >= 0.6 is 11.8 Å². The highest BCUT2D eigenvalue weighted by Gasteiger charge is 2.51. The van der Waals surface area contributed by atoms with Crippen LogP contribution in [0.5, 0.6) is 0 Å². The molecule has 3 nitrogen and oxygen atoms in total. The first-order valence-electron chi connectivity index (χ1n) is 24.7. The Morgan fingerprint density at radius 3 is 1.46 bits per heavy atom. The van der Waals surface area contributed by atoms with Gasteiger partial charge in [0.1, 0.15) is 22.3 Å². The third-order valence-electron chi connectivity index (χ3n) is 16.0. The van der Waals surface area contributed by atoms with Crippen molar-refractivity contribution in [2.24, 2.45) is 0 Å². The molecule has 2 aliphatic carbocycles. The molecule has 2 aromatic heterocycles. The second kappa shape index (κ2) is 14.8. The van der Waals surface area contributed by atoms with Gasteiger partial charge in [0.05, 0.1) is 33.0 Å². The van der Waals surface area contributed by atoms with Gasteiger partial charge >= 0.3 is 0 Å². The normalized spacial score (nSPS) is 14.3. The highest BCUT2D eigenvalue weighted by molar-refractivity contribution is 7.99. The predicted molar refractivity (Wildman–Crippen MR) is 294 cm³/mol. The standard InChI is InChI=1S/C68H41NO2S/c1-3-19-42(20-4-1)67(43-21-5-2-6-22-43)51-26-10-7-23-45(51)47-38-37-44(39-55(47)67)69(57-30-17-33-60-65(57)48-25-9-14-32-59(48)70-60)58-31-18-34-61-66(58)50-40-49-46-24-8-11-27-52(46)68(56(49)41-62(50)71-61)53-28-12-15-35-63(53)72-64-36-16-13-29-54(64)68/h1-41H. The quantitative estimate of drug-likeness (QED) is 0.172. The van der Waals surface area contributed by atoms with Crippen LogP contribution < -0.4 is 4.90 Å². The zero-order valence-electron chi connectivity index (χ0n) is 38.8. The fraction of sp³-hybridized carbons (Fsp3) is 0.0294. The Hall–Kier alpha value is -8.83. The molecule has 0 fully saturated rings. The van der Waals surface area contributed by atoms with Crippen molar-refractivity contribution in [2.75, 3.05) is 4.90 Å². The second-order valence-electron chi connectivity index (χ2n) is 19.4. The smallest absolute Gasteiger partial charge is 0.137 e. The maximum atomic E-state index is 7.21. The molecular weight excluding hydrogens is 895 g/mol. The summed E-state index contributed by atoms with van der Waals surface area (Å²) in [6.45, 7) is 0. The third-order valence-corrected chi connectivity index (χ3v) is 17.2. The van der Waals surface area contributed by atoms with E-state index >= 15 is 0 Å². The number of hydrogen-bond donors (Lipinski definition) is 0. The van der Waals surface area contributed by atoms with Crippen LogP contribution in [0.15, 0.2) is 267 Å². The van der Waals surface area contributed by atoms with E-state index in [1.807, 2.05) is 11.8 Å². The highest BCUT2D eigenvalue weighted by atomic mass is 32.2. The summed E-state index contributed by atoms with van der Waals surface area (Å²) >= 11 is 1.87. The van der Waals surface area contributed by atoms with Crippen LogP contribution in [0, 0.1) is 0 Å². The van der Waals surface area contributed by atoms with Gasteiger partial charge in [0.2, 0.25) is 0 Å². The number of anilines is 3. The van der Waals surface area contributed by atoms with E-state index in [0.717, 1.165) is 60.9 Å². The van der Waals surface area contributed by atoms with Gasteiger partial charge in [0, 0.05) is 26.3 Å². The SMILES string of the molecule is c1ccc(C2(c3ccccc3)c3ccccc3-c3ccc(N(c4cccc5oc6ccccc6c45)c4cccc5oc6cc7c(cc6c45)-c4ccccc4C74c5ccccc5Sc5ccccc54)cc32)cc1. The van der Waals surface area contributed by atoms with Crippen molar-refractivity contribution in [3.05, 3.63) is 293 Å². The van der Waals surface area contributed by atoms with Gasteiger partial charge in [-0.25, -0.2) is 0 Å². The minimum Gasteiger partial charge on any atom is -0.456 e. The van der Waals surface area contributed by atoms with Crippen LogP contribution in [0.1, 0.15) is 44.5 Å². The molecule has 4 heteroatoms. The van der Waals surface area contributed by atoms with Crippen molar-refractivity contribution in [3.63, 3.8) is 0 Å². The Morgan fingerprint density at radius 2 is 0.792 bits per heavy atom. The number of furan rings is 2. The fourth-order valence-electron chi connectivity index (χ4n) is 13.3. The molecule has 11 aromatic carbocycles. The van der Waals surface area contributed by atoms with Gasteiger partial charge in [-0.1, -0.05) is 194 Å². The molecular formula is C68H41NO2S. The van der Waals surface area contributed by atoms with Crippen LogP contribution in [-0.2, 0) is 10.8 Å².